The number of anilines is 1. The van der Waals surface area contributed by atoms with Crippen molar-refractivity contribution in [1.29, 1.82) is 5.26 Å². The molecular formula is C21H20N6O3. The Morgan fingerprint density at radius 1 is 1.17 bits per heavy atom. The molecule has 0 unspecified atom stereocenters. The number of nitro groups is 1. The molecule has 0 spiro atoms. The molecule has 0 aliphatic carbocycles. The second-order valence-electron chi connectivity index (χ2n) is 7.21. The number of nitro benzene ring substituents is 1. The Balaban J connectivity index is 1.38. The molecule has 0 bridgehead atoms. The summed E-state index contributed by atoms with van der Waals surface area (Å²) < 4.78 is 5.41. The molecular weight excluding hydrogens is 384 g/mol. The van der Waals surface area contributed by atoms with Gasteiger partial charge in [0.15, 0.2) is 0 Å². The van der Waals surface area contributed by atoms with Gasteiger partial charge in [-0.25, -0.2) is 0 Å². The van der Waals surface area contributed by atoms with Gasteiger partial charge in [0.2, 0.25) is 11.7 Å². The Hall–Kier alpha value is -3.77. The second-order valence-corrected chi connectivity index (χ2v) is 7.21. The first kappa shape index (κ1) is 19.5. The van der Waals surface area contributed by atoms with Crippen LogP contribution in [-0.2, 0) is 6.54 Å². The fourth-order valence-corrected chi connectivity index (χ4v) is 3.48. The van der Waals surface area contributed by atoms with E-state index in [9.17, 15) is 15.4 Å². The van der Waals surface area contributed by atoms with Crippen molar-refractivity contribution in [2.75, 3.05) is 31.1 Å². The minimum Gasteiger partial charge on any atom is -0.368 e. The Kier molecular flexibility index (Phi) is 5.41. The molecule has 1 aliphatic heterocycles. The number of piperazine rings is 1. The quantitative estimate of drug-likeness (QED) is 0.471. The second kappa shape index (κ2) is 8.31. The topological polar surface area (TPSA) is 112 Å². The maximum absolute atomic E-state index is 10.9. The molecule has 0 amide bonds. The molecule has 152 valence electrons. The monoisotopic (exact) mass is 404 g/mol. The van der Waals surface area contributed by atoms with Crippen LogP contribution in [0, 0.1) is 28.4 Å². The number of hydrogen-bond acceptors (Lipinski definition) is 8. The highest BCUT2D eigenvalue weighted by Crippen LogP contribution is 2.26. The molecule has 9 heteroatoms. The van der Waals surface area contributed by atoms with Gasteiger partial charge in [-0.2, -0.15) is 10.2 Å². The van der Waals surface area contributed by atoms with Gasteiger partial charge in [-0.1, -0.05) is 35.0 Å². The SMILES string of the molecule is Cc1ccc(-c2noc(CN3CCN(c4ccc([N+](=O)[O-])cc4C#N)CC3)n2)cc1. The summed E-state index contributed by atoms with van der Waals surface area (Å²) in [5.41, 5.74) is 3.06. The average Bonchev–Trinajstić information content (AvgIpc) is 3.22. The lowest BCUT2D eigenvalue weighted by molar-refractivity contribution is -0.384. The molecule has 0 atom stereocenters. The molecule has 1 fully saturated rings. The van der Waals surface area contributed by atoms with Crippen molar-refractivity contribution in [2.24, 2.45) is 0 Å². The van der Waals surface area contributed by atoms with Crippen molar-refractivity contribution in [3.05, 3.63) is 69.6 Å². The smallest absolute Gasteiger partial charge is 0.270 e. The standard InChI is InChI=1S/C21H20N6O3/c1-15-2-4-16(5-3-15)21-23-20(30-24-21)14-25-8-10-26(11-9-25)19-7-6-18(27(28)29)12-17(19)13-22/h2-7,12H,8-11,14H2,1H3. The van der Waals surface area contributed by atoms with Crippen molar-refractivity contribution in [2.45, 2.75) is 13.5 Å². The molecule has 1 aromatic heterocycles. The van der Waals surface area contributed by atoms with Crippen molar-refractivity contribution in [3.8, 4) is 17.5 Å². The highest BCUT2D eigenvalue weighted by Gasteiger charge is 2.22. The molecule has 2 heterocycles. The third-order valence-corrected chi connectivity index (χ3v) is 5.16. The minimum atomic E-state index is -0.488. The van der Waals surface area contributed by atoms with Gasteiger partial charge < -0.3 is 9.42 Å². The van der Waals surface area contributed by atoms with E-state index in [0.717, 1.165) is 24.3 Å². The summed E-state index contributed by atoms with van der Waals surface area (Å²) in [6.07, 6.45) is 0. The molecule has 3 aromatic rings. The Labute approximate surface area is 173 Å². The van der Waals surface area contributed by atoms with Gasteiger partial charge in [0.05, 0.1) is 22.7 Å². The molecule has 1 aliphatic rings. The number of aryl methyl sites for hydroxylation is 1. The number of aromatic nitrogens is 2. The zero-order chi connectivity index (χ0) is 21.1. The zero-order valence-electron chi connectivity index (χ0n) is 16.5. The lowest BCUT2D eigenvalue weighted by atomic mass is 10.1. The first-order chi connectivity index (χ1) is 14.5. The third-order valence-electron chi connectivity index (χ3n) is 5.16. The van der Waals surface area contributed by atoms with Crippen LogP contribution in [0.3, 0.4) is 0 Å². The van der Waals surface area contributed by atoms with Crippen molar-refractivity contribution in [1.82, 2.24) is 15.0 Å². The highest BCUT2D eigenvalue weighted by atomic mass is 16.6. The van der Waals surface area contributed by atoms with Crippen LogP contribution in [0.25, 0.3) is 11.4 Å². The first-order valence-corrected chi connectivity index (χ1v) is 9.59. The number of benzene rings is 2. The fourth-order valence-electron chi connectivity index (χ4n) is 3.48. The largest absolute Gasteiger partial charge is 0.368 e. The maximum Gasteiger partial charge on any atom is 0.270 e. The van der Waals surface area contributed by atoms with Gasteiger partial charge in [-0.3, -0.25) is 15.0 Å². The van der Waals surface area contributed by atoms with E-state index in [2.05, 4.69) is 26.0 Å². The summed E-state index contributed by atoms with van der Waals surface area (Å²) in [7, 11) is 0. The lowest BCUT2D eigenvalue weighted by Crippen LogP contribution is -2.46. The normalized spacial score (nSPS) is 14.5. The van der Waals surface area contributed by atoms with Crippen LogP contribution in [0.2, 0.25) is 0 Å². The number of hydrogen-bond donors (Lipinski definition) is 0. The van der Waals surface area contributed by atoms with Gasteiger partial charge in [0.1, 0.15) is 6.07 Å². The zero-order valence-corrected chi connectivity index (χ0v) is 16.5. The first-order valence-electron chi connectivity index (χ1n) is 9.59. The summed E-state index contributed by atoms with van der Waals surface area (Å²) in [5.74, 6) is 1.14. The van der Waals surface area contributed by atoms with Crippen molar-refractivity contribution >= 4 is 11.4 Å². The van der Waals surface area contributed by atoms with Crippen LogP contribution in [0.15, 0.2) is 47.0 Å². The van der Waals surface area contributed by atoms with Gasteiger partial charge in [-0.15, -0.1) is 0 Å². The molecule has 0 radical (unpaired) electrons. The predicted molar refractivity (Wildman–Crippen MR) is 110 cm³/mol. The van der Waals surface area contributed by atoms with Gasteiger partial charge >= 0.3 is 0 Å². The van der Waals surface area contributed by atoms with E-state index in [1.165, 1.54) is 17.7 Å². The molecule has 0 saturated carbocycles. The summed E-state index contributed by atoms with van der Waals surface area (Å²) in [6, 6.07) is 14.5. The molecule has 1 saturated heterocycles. The van der Waals surface area contributed by atoms with Gasteiger partial charge in [0, 0.05) is 43.9 Å². The Bertz CT molecular complexity index is 1090. The Morgan fingerprint density at radius 2 is 1.90 bits per heavy atom. The number of rotatable bonds is 5. The van der Waals surface area contributed by atoms with Crippen LogP contribution in [0.1, 0.15) is 17.0 Å². The summed E-state index contributed by atoms with van der Waals surface area (Å²) in [5, 5.41) is 24.4. The van der Waals surface area contributed by atoms with Gasteiger partial charge in [-0.05, 0) is 13.0 Å². The Morgan fingerprint density at radius 3 is 2.57 bits per heavy atom. The lowest BCUT2D eigenvalue weighted by Gasteiger charge is -2.35. The van der Waals surface area contributed by atoms with Crippen LogP contribution >= 0.6 is 0 Å². The molecule has 0 N–H and O–H groups in total. The van der Waals surface area contributed by atoms with Crippen molar-refractivity contribution < 1.29 is 9.45 Å². The minimum absolute atomic E-state index is 0.0743. The fraction of sp³-hybridized carbons (Fsp3) is 0.286. The molecule has 4 rings (SSSR count). The van der Waals surface area contributed by atoms with E-state index < -0.39 is 4.92 Å². The van der Waals surface area contributed by atoms with E-state index in [4.69, 9.17) is 4.52 Å². The van der Waals surface area contributed by atoms with Gasteiger partial charge in [0.25, 0.3) is 5.69 Å². The molecule has 2 aromatic carbocycles. The molecule has 9 nitrogen and oxygen atoms in total. The van der Waals surface area contributed by atoms with E-state index in [1.54, 1.807) is 6.07 Å². The van der Waals surface area contributed by atoms with Crippen LogP contribution in [-0.4, -0.2) is 46.1 Å². The average molecular weight is 404 g/mol. The number of nitrogens with zero attached hydrogens (tertiary/aromatic N) is 6. The summed E-state index contributed by atoms with van der Waals surface area (Å²) in [6.45, 7) is 5.49. The maximum atomic E-state index is 10.9. The molecule has 30 heavy (non-hydrogen) atoms. The van der Waals surface area contributed by atoms with Crippen LogP contribution < -0.4 is 4.90 Å². The summed E-state index contributed by atoms with van der Waals surface area (Å²) in [4.78, 5) is 19.2. The summed E-state index contributed by atoms with van der Waals surface area (Å²) >= 11 is 0. The van der Waals surface area contributed by atoms with Crippen LogP contribution in [0.4, 0.5) is 11.4 Å². The van der Waals surface area contributed by atoms with Crippen LogP contribution in [0.5, 0.6) is 0 Å². The van der Waals surface area contributed by atoms with Crippen molar-refractivity contribution in [3.63, 3.8) is 0 Å². The van der Waals surface area contributed by atoms with E-state index in [-0.39, 0.29) is 5.69 Å². The third kappa shape index (κ3) is 4.14. The van der Waals surface area contributed by atoms with E-state index in [0.29, 0.717) is 36.9 Å². The predicted octanol–water partition coefficient (Wildman–Crippen LogP) is 3.15. The van der Waals surface area contributed by atoms with E-state index in [1.807, 2.05) is 31.2 Å². The number of non-ortho nitro benzene ring substituents is 1. The van der Waals surface area contributed by atoms with E-state index >= 15 is 0 Å². The highest BCUT2D eigenvalue weighted by molar-refractivity contribution is 5.63. The number of nitriles is 1.